The van der Waals surface area contributed by atoms with Gasteiger partial charge in [-0.1, -0.05) is 12.1 Å². The maximum absolute atomic E-state index is 9.44. The molecular weight excluding hydrogens is 370 g/mol. The molecule has 0 radical (unpaired) electrons. The van der Waals surface area contributed by atoms with Crippen molar-refractivity contribution in [3.63, 3.8) is 0 Å². The molecule has 0 N–H and O–H groups in total. The van der Waals surface area contributed by atoms with E-state index in [9.17, 15) is 4.79 Å². The Hall–Kier alpha value is -3.11. The smallest absolute Gasteiger partial charge is 0.160 e. The number of aliphatic imine (C=N–C) groups is 1. The summed E-state index contributed by atoms with van der Waals surface area (Å²) in [4.78, 5) is 15.5. The summed E-state index contributed by atoms with van der Waals surface area (Å²) >= 11 is 1.75. The Labute approximate surface area is 168 Å². The Balaban J connectivity index is 0.000000516. The molecule has 1 aliphatic rings. The number of thiophene rings is 1. The van der Waals surface area contributed by atoms with E-state index < -0.39 is 0 Å². The second-order valence-corrected chi connectivity index (χ2v) is 7.93. The molecule has 0 aliphatic carbocycles. The van der Waals surface area contributed by atoms with Gasteiger partial charge in [-0.3, -0.25) is 9.56 Å². The molecule has 0 bridgehead atoms. The van der Waals surface area contributed by atoms with Gasteiger partial charge in [-0.2, -0.15) is 5.26 Å². The average Bonchev–Trinajstić information content (AvgIpc) is 3.10. The number of Topliss-reactive ketones (excluding diaryl/α,β-unsaturated/α-hetero) is 1. The minimum absolute atomic E-state index is 0.167. The van der Waals surface area contributed by atoms with E-state index in [0.717, 1.165) is 33.5 Å². The molecule has 0 unspecified atom stereocenters. The van der Waals surface area contributed by atoms with Gasteiger partial charge in [0.2, 0.25) is 0 Å². The zero-order chi connectivity index (χ0) is 20.4. The number of hydrogen-bond donors (Lipinski definition) is 0. The summed E-state index contributed by atoms with van der Waals surface area (Å²) in [5.41, 5.74) is 5.01. The highest BCUT2D eigenvalue weighted by molar-refractivity contribution is 7.15. The highest BCUT2D eigenvalue weighted by Gasteiger charge is 2.26. The standard InChI is InChI=1S/C18H15N5S.C3H6O/c1-10-11(2)24-18-16(10)17(14-6-4-13(8-19)5-7-14)20-9-15-22-21-12(3)23(15)18;1-3(2)4/h4-7H,9H2,1-3H3;1-2H3. The van der Waals surface area contributed by atoms with Gasteiger partial charge in [0.1, 0.15) is 23.2 Å². The monoisotopic (exact) mass is 391 g/mol. The van der Waals surface area contributed by atoms with Gasteiger partial charge in [-0.25, -0.2) is 0 Å². The maximum Gasteiger partial charge on any atom is 0.160 e. The molecule has 3 aromatic rings. The lowest BCUT2D eigenvalue weighted by molar-refractivity contribution is -0.114. The first-order chi connectivity index (χ1) is 13.3. The number of carbonyl (C=O) groups is 1. The normalized spacial score (nSPS) is 11.9. The van der Waals surface area contributed by atoms with Gasteiger partial charge in [0.25, 0.3) is 0 Å². The first-order valence-electron chi connectivity index (χ1n) is 8.87. The van der Waals surface area contributed by atoms with E-state index in [-0.39, 0.29) is 5.78 Å². The van der Waals surface area contributed by atoms with E-state index in [1.165, 1.54) is 24.3 Å². The molecular formula is C21H21N5OS. The zero-order valence-electron chi connectivity index (χ0n) is 16.6. The van der Waals surface area contributed by atoms with Crippen LogP contribution in [-0.4, -0.2) is 26.3 Å². The Morgan fingerprint density at radius 2 is 1.79 bits per heavy atom. The molecule has 142 valence electrons. The summed E-state index contributed by atoms with van der Waals surface area (Å²) in [5, 5.41) is 18.6. The minimum atomic E-state index is 0.167. The van der Waals surface area contributed by atoms with Gasteiger partial charge in [0.05, 0.1) is 17.3 Å². The molecule has 28 heavy (non-hydrogen) atoms. The van der Waals surface area contributed by atoms with Gasteiger partial charge >= 0.3 is 0 Å². The van der Waals surface area contributed by atoms with Crippen molar-refractivity contribution in [1.82, 2.24) is 14.8 Å². The molecule has 0 spiro atoms. The van der Waals surface area contributed by atoms with Crippen molar-refractivity contribution in [2.45, 2.75) is 41.2 Å². The van der Waals surface area contributed by atoms with Crippen LogP contribution in [0.5, 0.6) is 0 Å². The number of fused-ring (bicyclic) bond motifs is 3. The molecule has 0 fully saturated rings. The third-order valence-electron chi connectivity index (χ3n) is 4.36. The van der Waals surface area contributed by atoms with Crippen molar-refractivity contribution in [3.05, 3.63) is 63.0 Å². The number of benzene rings is 1. The Morgan fingerprint density at radius 1 is 1.14 bits per heavy atom. The van der Waals surface area contributed by atoms with Crippen molar-refractivity contribution in [2.75, 3.05) is 0 Å². The fourth-order valence-electron chi connectivity index (χ4n) is 2.99. The van der Waals surface area contributed by atoms with E-state index in [0.29, 0.717) is 12.1 Å². The topological polar surface area (TPSA) is 83.9 Å². The number of carbonyl (C=O) groups excluding carboxylic acids is 1. The number of nitrogens with zero attached hydrogens (tertiary/aromatic N) is 5. The SMILES string of the molecule is CC(C)=O.Cc1sc2c(c1C)C(c1ccc(C#N)cc1)=NCc1nnc(C)n1-2. The van der Waals surface area contributed by atoms with Crippen LogP contribution in [0.25, 0.3) is 5.00 Å². The second-order valence-electron chi connectivity index (χ2n) is 6.72. The minimum Gasteiger partial charge on any atom is -0.300 e. The van der Waals surface area contributed by atoms with Gasteiger partial charge < -0.3 is 4.79 Å². The highest BCUT2D eigenvalue weighted by atomic mass is 32.1. The lowest BCUT2D eigenvalue weighted by atomic mass is 9.99. The van der Waals surface area contributed by atoms with Crippen LogP contribution < -0.4 is 0 Å². The van der Waals surface area contributed by atoms with Crippen LogP contribution in [0.4, 0.5) is 0 Å². The second kappa shape index (κ2) is 7.87. The maximum atomic E-state index is 9.44. The van der Waals surface area contributed by atoms with E-state index in [1.807, 2.05) is 31.2 Å². The largest absolute Gasteiger partial charge is 0.300 e. The van der Waals surface area contributed by atoms with E-state index >= 15 is 0 Å². The van der Waals surface area contributed by atoms with Crippen molar-refractivity contribution in [1.29, 1.82) is 5.26 Å². The predicted molar refractivity (Wildman–Crippen MR) is 110 cm³/mol. The van der Waals surface area contributed by atoms with Gasteiger partial charge in [-0.05, 0) is 52.3 Å². The number of rotatable bonds is 1. The molecule has 7 heteroatoms. The number of aryl methyl sites for hydroxylation is 2. The van der Waals surface area contributed by atoms with Crippen LogP contribution in [0.2, 0.25) is 0 Å². The summed E-state index contributed by atoms with van der Waals surface area (Å²) < 4.78 is 2.11. The van der Waals surface area contributed by atoms with Gasteiger partial charge in [0, 0.05) is 16.0 Å². The van der Waals surface area contributed by atoms with Gasteiger partial charge in [0.15, 0.2) is 5.82 Å². The van der Waals surface area contributed by atoms with Crippen LogP contribution in [0.15, 0.2) is 29.3 Å². The molecule has 0 saturated carbocycles. The molecule has 6 nitrogen and oxygen atoms in total. The van der Waals surface area contributed by atoms with Crippen molar-refractivity contribution >= 4 is 22.8 Å². The fraction of sp³-hybridized carbons (Fsp3) is 0.286. The van der Waals surface area contributed by atoms with Crippen LogP contribution in [0.3, 0.4) is 0 Å². The molecule has 4 rings (SSSR count). The fourth-order valence-corrected chi connectivity index (χ4v) is 4.21. The number of ketones is 1. The lowest BCUT2D eigenvalue weighted by Crippen LogP contribution is -2.07. The molecule has 1 aromatic carbocycles. The summed E-state index contributed by atoms with van der Waals surface area (Å²) in [7, 11) is 0. The molecule has 0 atom stereocenters. The number of aromatic nitrogens is 3. The third-order valence-corrected chi connectivity index (χ3v) is 5.56. The highest BCUT2D eigenvalue weighted by Crippen LogP contribution is 2.36. The summed E-state index contributed by atoms with van der Waals surface area (Å²) in [5.74, 6) is 1.91. The lowest BCUT2D eigenvalue weighted by Gasteiger charge is -2.09. The van der Waals surface area contributed by atoms with E-state index in [4.69, 9.17) is 10.3 Å². The first kappa shape index (κ1) is 19.6. The quantitative estimate of drug-likeness (QED) is 0.626. The van der Waals surface area contributed by atoms with Crippen molar-refractivity contribution in [3.8, 4) is 11.1 Å². The van der Waals surface area contributed by atoms with E-state index in [1.54, 1.807) is 11.3 Å². The predicted octanol–water partition coefficient (Wildman–Crippen LogP) is 4.07. The van der Waals surface area contributed by atoms with Gasteiger partial charge in [-0.15, -0.1) is 21.5 Å². The van der Waals surface area contributed by atoms with E-state index in [2.05, 4.69) is 34.7 Å². The molecule has 1 aliphatic heterocycles. The Kier molecular flexibility index (Phi) is 5.52. The van der Waals surface area contributed by atoms with Crippen LogP contribution in [0.1, 0.15) is 52.6 Å². The Bertz CT molecular complexity index is 1110. The Morgan fingerprint density at radius 3 is 2.39 bits per heavy atom. The summed E-state index contributed by atoms with van der Waals surface area (Å²) in [6.07, 6.45) is 0. The van der Waals surface area contributed by atoms with Crippen LogP contribution in [-0.2, 0) is 11.3 Å². The zero-order valence-corrected chi connectivity index (χ0v) is 17.4. The van der Waals surface area contributed by atoms with Crippen molar-refractivity contribution < 1.29 is 4.79 Å². The van der Waals surface area contributed by atoms with Crippen molar-refractivity contribution in [2.24, 2.45) is 4.99 Å². The third kappa shape index (κ3) is 3.64. The van der Waals surface area contributed by atoms with Crippen LogP contribution in [0, 0.1) is 32.1 Å². The molecule has 0 amide bonds. The molecule has 3 heterocycles. The van der Waals surface area contributed by atoms with Crippen LogP contribution >= 0.6 is 11.3 Å². The molecule has 0 saturated heterocycles. The first-order valence-corrected chi connectivity index (χ1v) is 9.69. The number of hydrogen-bond acceptors (Lipinski definition) is 6. The average molecular weight is 392 g/mol. The summed E-state index contributed by atoms with van der Waals surface area (Å²) in [6.45, 7) is 9.78. The molecule has 2 aromatic heterocycles. The summed E-state index contributed by atoms with van der Waals surface area (Å²) in [6, 6.07) is 9.76. The number of nitriles is 1.